The van der Waals surface area contributed by atoms with E-state index in [1.54, 1.807) is 11.8 Å². The summed E-state index contributed by atoms with van der Waals surface area (Å²) < 4.78 is 12.0. The van der Waals surface area contributed by atoms with Crippen LogP contribution in [0.5, 0.6) is 17.2 Å². The molecule has 144 valence electrons. The quantitative estimate of drug-likeness (QED) is 0.538. The van der Waals surface area contributed by atoms with Crippen LogP contribution in [0.15, 0.2) is 71.6 Å². The molecule has 0 fully saturated rings. The van der Waals surface area contributed by atoms with Crippen molar-refractivity contribution in [1.82, 2.24) is 0 Å². The third-order valence-corrected chi connectivity index (χ3v) is 5.61. The molecular formula is C23H24N2O2S. The van der Waals surface area contributed by atoms with E-state index in [1.807, 2.05) is 30.3 Å². The lowest BCUT2D eigenvalue weighted by molar-refractivity contribution is 0.298. The van der Waals surface area contributed by atoms with Crippen LogP contribution in [0.3, 0.4) is 0 Å². The fourth-order valence-corrected chi connectivity index (χ4v) is 3.58. The van der Waals surface area contributed by atoms with E-state index in [2.05, 4.69) is 66.8 Å². The average Bonchev–Trinajstić information content (AvgIpc) is 3.03. The number of fused-ring (bicyclic) bond motifs is 1. The largest absolute Gasteiger partial charge is 0.489 e. The summed E-state index contributed by atoms with van der Waals surface area (Å²) in [7, 11) is 2.07. The molecule has 0 radical (unpaired) electrons. The van der Waals surface area contributed by atoms with Gasteiger partial charge in [0.15, 0.2) is 0 Å². The normalized spacial score (nSPS) is 15.1. The van der Waals surface area contributed by atoms with Crippen LogP contribution in [0.2, 0.25) is 0 Å². The van der Waals surface area contributed by atoms with Gasteiger partial charge >= 0.3 is 0 Å². The summed E-state index contributed by atoms with van der Waals surface area (Å²) in [5, 5.41) is 3.51. The van der Waals surface area contributed by atoms with Gasteiger partial charge in [-0.15, -0.1) is 11.8 Å². The van der Waals surface area contributed by atoms with Crippen molar-refractivity contribution in [2.24, 2.45) is 0 Å². The minimum absolute atomic E-state index is 0.0763. The van der Waals surface area contributed by atoms with Crippen LogP contribution in [-0.2, 0) is 0 Å². The molecule has 0 aromatic heterocycles. The Bertz CT molecular complexity index is 942. The zero-order valence-electron chi connectivity index (χ0n) is 16.3. The lowest BCUT2D eigenvalue weighted by atomic mass is 10.2. The van der Waals surface area contributed by atoms with E-state index in [9.17, 15) is 0 Å². The van der Waals surface area contributed by atoms with E-state index in [0.717, 1.165) is 28.6 Å². The van der Waals surface area contributed by atoms with Crippen molar-refractivity contribution in [2.45, 2.75) is 18.0 Å². The number of hydrogen-bond donors (Lipinski definition) is 1. The van der Waals surface area contributed by atoms with Crippen molar-refractivity contribution in [3.05, 3.63) is 72.3 Å². The van der Waals surface area contributed by atoms with Gasteiger partial charge in [0, 0.05) is 18.0 Å². The molecule has 1 unspecified atom stereocenters. The molecule has 5 heteroatoms. The molecule has 28 heavy (non-hydrogen) atoms. The van der Waals surface area contributed by atoms with Crippen molar-refractivity contribution >= 4 is 23.1 Å². The lowest BCUT2D eigenvalue weighted by Crippen LogP contribution is -2.37. The van der Waals surface area contributed by atoms with Gasteiger partial charge in [0.05, 0.1) is 11.4 Å². The number of thioether (sulfide) groups is 1. The molecule has 1 atom stereocenters. The van der Waals surface area contributed by atoms with Crippen molar-refractivity contribution in [1.29, 1.82) is 0 Å². The number of rotatable bonds is 6. The highest BCUT2D eigenvalue weighted by molar-refractivity contribution is 7.98. The first kappa shape index (κ1) is 18.6. The fraction of sp³-hybridized carbons (Fsp3) is 0.217. The second-order valence-corrected chi connectivity index (χ2v) is 7.73. The number of benzene rings is 3. The molecule has 1 N–H and O–H groups in total. The molecule has 1 aliphatic rings. The van der Waals surface area contributed by atoms with E-state index >= 15 is 0 Å². The van der Waals surface area contributed by atoms with Gasteiger partial charge in [0.1, 0.15) is 30.0 Å². The van der Waals surface area contributed by atoms with Gasteiger partial charge in [0.2, 0.25) is 0 Å². The van der Waals surface area contributed by atoms with Crippen LogP contribution in [0.25, 0.3) is 0 Å². The van der Waals surface area contributed by atoms with Gasteiger partial charge in [-0.3, -0.25) is 0 Å². The first-order chi connectivity index (χ1) is 13.6. The van der Waals surface area contributed by atoms with Crippen LogP contribution >= 0.6 is 11.8 Å². The molecule has 0 saturated heterocycles. The zero-order chi connectivity index (χ0) is 19.5. The highest BCUT2D eigenvalue weighted by atomic mass is 32.2. The second kappa shape index (κ2) is 8.07. The van der Waals surface area contributed by atoms with E-state index in [-0.39, 0.29) is 6.17 Å². The van der Waals surface area contributed by atoms with Crippen LogP contribution < -0.4 is 19.7 Å². The van der Waals surface area contributed by atoms with Crippen molar-refractivity contribution in [2.75, 3.05) is 30.1 Å². The highest BCUT2D eigenvalue weighted by Gasteiger charge is 2.26. The number of hydrogen-bond acceptors (Lipinski definition) is 5. The van der Waals surface area contributed by atoms with Crippen LogP contribution in [0.4, 0.5) is 11.4 Å². The van der Waals surface area contributed by atoms with Gasteiger partial charge in [-0.05, 0) is 61.7 Å². The maximum absolute atomic E-state index is 6.03. The first-order valence-corrected chi connectivity index (χ1v) is 10.5. The van der Waals surface area contributed by atoms with E-state index in [4.69, 9.17) is 9.47 Å². The Kier molecular flexibility index (Phi) is 5.35. The molecule has 0 spiro atoms. The summed E-state index contributed by atoms with van der Waals surface area (Å²) in [6, 6.07) is 22.4. The molecule has 3 aromatic carbocycles. The SMILES string of the molecule is CSc1ccc(Oc2ccc3c(c2)N(C)C(COc2ccc(C)cc2)N3)cc1. The molecule has 0 saturated carbocycles. The summed E-state index contributed by atoms with van der Waals surface area (Å²) in [5.41, 5.74) is 3.42. The number of aryl methyl sites for hydroxylation is 1. The topological polar surface area (TPSA) is 33.7 Å². The van der Waals surface area contributed by atoms with E-state index in [1.165, 1.54) is 10.5 Å². The second-order valence-electron chi connectivity index (χ2n) is 6.85. The summed E-state index contributed by atoms with van der Waals surface area (Å²) in [5.74, 6) is 2.55. The maximum Gasteiger partial charge on any atom is 0.134 e. The van der Waals surface area contributed by atoms with E-state index in [0.29, 0.717) is 6.61 Å². The third kappa shape index (κ3) is 4.04. The maximum atomic E-state index is 6.03. The summed E-state index contributed by atoms with van der Waals surface area (Å²) in [4.78, 5) is 3.41. The third-order valence-electron chi connectivity index (χ3n) is 4.86. The Morgan fingerprint density at radius 3 is 2.32 bits per heavy atom. The van der Waals surface area contributed by atoms with E-state index < -0.39 is 0 Å². The lowest BCUT2D eigenvalue weighted by Gasteiger charge is -2.22. The molecule has 0 bridgehead atoms. The fourth-order valence-electron chi connectivity index (χ4n) is 3.18. The number of ether oxygens (including phenoxy) is 2. The first-order valence-electron chi connectivity index (χ1n) is 9.27. The van der Waals surface area contributed by atoms with Crippen LogP contribution in [0, 0.1) is 6.92 Å². The van der Waals surface area contributed by atoms with Crippen LogP contribution in [-0.4, -0.2) is 26.1 Å². The Morgan fingerprint density at radius 1 is 0.929 bits per heavy atom. The predicted octanol–water partition coefficient (Wildman–Crippen LogP) is 5.78. The van der Waals surface area contributed by atoms with Gasteiger partial charge in [-0.2, -0.15) is 0 Å². The molecule has 3 aromatic rings. The van der Waals surface area contributed by atoms with Gasteiger partial charge in [-0.25, -0.2) is 0 Å². The van der Waals surface area contributed by atoms with Crippen LogP contribution in [0.1, 0.15) is 5.56 Å². The Hall–Kier alpha value is -2.79. The number of nitrogens with one attached hydrogen (secondary N) is 1. The number of anilines is 2. The Labute approximate surface area is 170 Å². The zero-order valence-corrected chi connectivity index (χ0v) is 17.1. The van der Waals surface area contributed by atoms with Crippen molar-refractivity contribution < 1.29 is 9.47 Å². The molecule has 0 amide bonds. The van der Waals surface area contributed by atoms with Gasteiger partial charge in [-0.1, -0.05) is 17.7 Å². The minimum atomic E-state index is 0.0763. The summed E-state index contributed by atoms with van der Waals surface area (Å²) in [6.45, 7) is 2.63. The molecule has 1 heterocycles. The molecule has 0 aliphatic carbocycles. The predicted molar refractivity (Wildman–Crippen MR) is 117 cm³/mol. The van der Waals surface area contributed by atoms with Crippen molar-refractivity contribution in [3.63, 3.8) is 0 Å². The highest BCUT2D eigenvalue weighted by Crippen LogP contribution is 2.38. The molecule has 4 nitrogen and oxygen atoms in total. The average molecular weight is 393 g/mol. The smallest absolute Gasteiger partial charge is 0.134 e. The van der Waals surface area contributed by atoms with Crippen molar-refractivity contribution in [3.8, 4) is 17.2 Å². The molecular weight excluding hydrogens is 368 g/mol. The standard InChI is InChI=1S/C23H24N2O2S/c1-16-4-6-17(7-5-16)26-15-23-24-21-13-10-19(14-22(21)25(23)2)27-18-8-11-20(28-3)12-9-18/h4-14,23-24H,15H2,1-3H3. The number of likely N-dealkylation sites (N-methyl/N-ethyl adjacent to an activating group) is 1. The van der Waals surface area contributed by atoms with Gasteiger partial charge < -0.3 is 19.7 Å². The summed E-state index contributed by atoms with van der Waals surface area (Å²) in [6.07, 6.45) is 2.14. The summed E-state index contributed by atoms with van der Waals surface area (Å²) >= 11 is 1.72. The molecule has 1 aliphatic heterocycles. The minimum Gasteiger partial charge on any atom is -0.489 e. The Morgan fingerprint density at radius 2 is 1.61 bits per heavy atom. The number of nitrogens with zero attached hydrogens (tertiary/aromatic N) is 1. The van der Waals surface area contributed by atoms with Gasteiger partial charge in [0.25, 0.3) is 0 Å². The monoisotopic (exact) mass is 392 g/mol. The molecule has 4 rings (SSSR count). The Balaban J connectivity index is 1.42.